The van der Waals surface area contributed by atoms with Crippen molar-refractivity contribution in [2.24, 2.45) is 0 Å². The Kier molecular flexibility index (Phi) is 6.39. The molecular formula is C23H21F4N7O2. The SMILES string of the molecule is O=C(NCC(F)F)c1ccc(N2CCN(CC3=CC=c4c(nc(=O)c5ccnn45)C3F)CC2)c(F)n1. The summed E-state index contributed by atoms with van der Waals surface area (Å²) in [6, 6.07) is 4.21. The molecule has 0 bridgehead atoms. The van der Waals surface area contributed by atoms with Crippen molar-refractivity contribution in [3.63, 3.8) is 0 Å². The van der Waals surface area contributed by atoms with Crippen molar-refractivity contribution < 1.29 is 22.4 Å². The summed E-state index contributed by atoms with van der Waals surface area (Å²) in [6.07, 6.45) is 0.575. The molecule has 3 aromatic heterocycles. The number of hydrogen-bond donors (Lipinski definition) is 1. The summed E-state index contributed by atoms with van der Waals surface area (Å²) in [6.45, 7) is 1.33. The van der Waals surface area contributed by atoms with Gasteiger partial charge in [0.1, 0.15) is 16.9 Å². The van der Waals surface area contributed by atoms with Gasteiger partial charge in [-0.1, -0.05) is 6.08 Å². The molecule has 1 N–H and O–H groups in total. The van der Waals surface area contributed by atoms with E-state index >= 15 is 4.39 Å². The van der Waals surface area contributed by atoms with Crippen LogP contribution in [0.2, 0.25) is 0 Å². The summed E-state index contributed by atoms with van der Waals surface area (Å²) < 4.78 is 55.8. The lowest BCUT2D eigenvalue weighted by Gasteiger charge is -2.36. The second-order valence-corrected chi connectivity index (χ2v) is 8.46. The van der Waals surface area contributed by atoms with Gasteiger partial charge in [-0.3, -0.25) is 14.5 Å². The van der Waals surface area contributed by atoms with Gasteiger partial charge in [0.05, 0.1) is 23.8 Å². The number of anilines is 1. The average Bonchev–Trinajstić information content (AvgIpc) is 3.36. The van der Waals surface area contributed by atoms with Crippen LogP contribution in [0.15, 0.2) is 40.8 Å². The van der Waals surface area contributed by atoms with E-state index in [1.54, 1.807) is 17.1 Å². The molecule has 1 saturated heterocycles. The molecule has 0 radical (unpaired) electrons. The normalized spacial score (nSPS) is 18.2. The number of amides is 1. The number of rotatable bonds is 6. The van der Waals surface area contributed by atoms with E-state index in [0.717, 1.165) is 0 Å². The zero-order valence-electron chi connectivity index (χ0n) is 18.9. The minimum absolute atomic E-state index is 0.0400. The van der Waals surface area contributed by atoms with Gasteiger partial charge in [0.25, 0.3) is 17.9 Å². The zero-order chi connectivity index (χ0) is 25.4. The number of allylic oxidation sites excluding steroid dienone is 1. The van der Waals surface area contributed by atoms with Crippen LogP contribution in [0.3, 0.4) is 0 Å². The van der Waals surface area contributed by atoms with Gasteiger partial charge in [-0.2, -0.15) is 9.49 Å². The molecule has 1 aliphatic heterocycles. The van der Waals surface area contributed by atoms with Crippen LogP contribution < -0.4 is 21.1 Å². The maximum absolute atomic E-state index is 15.3. The number of nitrogens with one attached hydrogen (secondary N) is 1. The molecule has 36 heavy (non-hydrogen) atoms. The van der Waals surface area contributed by atoms with Crippen molar-refractivity contribution in [1.82, 2.24) is 29.8 Å². The first-order chi connectivity index (χ1) is 17.3. The molecule has 1 fully saturated rings. The number of piperazine rings is 1. The first-order valence-corrected chi connectivity index (χ1v) is 11.2. The Morgan fingerprint density at radius 3 is 2.61 bits per heavy atom. The number of alkyl halides is 3. The summed E-state index contributed by atoms with van der Waals surface area (Å²) in [5.74, 6) is -1.75. The average molecular weight is 503 g/mol. The van der Waals surface area contributed by atoms with E-state index in [9.17, 15) is 22.8 Å². The van der Waals surface area contributed by atoms with E-state index in [1.165, 1.54) is 28.9 Å². The van der Waals surface area contributed by atoms with Gasteiger partial charge >= 0.3 is 0 Å². The van der Waals surface area contributed by atoms with Gasteiger partial charge in [0, 0.05) is 32.7 Å². The molecule has 1 unspecified atom stereocenters. The highest BCUT2D eigenvalue weighted by atomic mass is 19.3. The Morgan fingerprint density at radius 1 is 1.11 bits per heavy atom. The first kappa shape index (κ1) is 23.9. The molecule has 2 aliphatic rings. The van der Waals surface area contributed by atoms with Crippen LogP contribution in [0.25, 0.3) is 11.6 Å². The molecule has 9 nitrogen and oxygen atoms in total. The van der Waals surface area contributed by atoms with Crippen molar-refractivity contribution in [2.45, 2.75) is 12.6 Å². The number of fused-ring (bicyclic) bond motifs is 3. The van der Waals surface area contributed by atoms with Crippen molar-refractivity contribution in [3.05, 3.63) is 69.1 Å². The maximum atomic E-state index is 15.3. The lowest BCUT2D eigenvalue weighted by molar-refractivity contribution is 0.0886. The van der Waals surface area contributed by atoms with Crippen molar-refractivity contribution in [1.29, 1.82) is 0 Å². The zero-order valence-corrected chi connectivity index (χ0v) is 18.9. The van der Waals surface area contributed by atoms with Crippen LogP contribution in [0.1, 0.15) is 22.4 Å². The highest BCUT2D eigenvalue weighted by Gasteiger charge is 2.28. The number of hydrogen-bond acceptors (Lipinski definition) is 7. The van der Waals surface area contributed by atoms with Gasteiger partial charge in [0.15, 0.2) is 6.17 Å². The van der Waals surface area contributed by atoms with Gasteiger partial charge in [-0.15, -0.1) is 0 Å². The Balaban J connectivity index is 1.23. The number of halogens is 4. The quantitative estimate of drug-likeness (QED) is 0.394. The van der Waals surface area contributed by atoms with Gasteiger partial charge in [-0.05, 0) is 29.8 Å². The van der Waals surface area contributed by atoms with E-state index in [1.807, 2.05) is 10.2 Å². The monoisotopic (exact) mass is 503 g/mol. The van der Waals surface area contributed by atoms with Gasteiger partial charge < -0.3 is 10.2 Å². The van der Waals surface area contributed by atoms with Crippen LogP contribution in [0.4, 0.5) is 23.2 Å². The van der Waals surface area contributed by atoms with E-state index in [-0.39, 0.29) is 22.6 Å². The van der Waals surface area contributed by atoms with Crippen LogP contribution >= 0.6 is 0 Å². The largest absolute Gasteiger partial charge is 0.365 e. The molecule has 1 atom stereocenters. The molecule has 0 saturated carbocycles. The second kappa shape index (κ2) is 9.64. The second-order valence-electron chi connectivity index (χ2n) is 8.46. The lowest BCUT2D eigenvalue weighted by Crippen LogP contribution is -2.47. The molecule has 13 heteroatoms. The third kappa shape index (κ3) is 4.53. The summed E-state index contributed by atoms with van der Waals surface area (Å²) in [4.78, 5) is 35.3. The molecule has 5 rings (SSSR count). The minimum atomic E-state index is -2.72. The highest BCUT2D eigenvalue weighted by Crippen LogP contribution is 2.26. The molecule has 188 valence electrons. The van der Waals surface area contributed by atoms with Gasteiger partial charge in [0.2, 0.25) is 5.95 Å². The van der Waals surface area contributed by atoms with Crippen LogP contribution in [-0.4, -0.2) is 76.1 Å². The summed E-state index contributed by atoms with van der Waals surface area (Å²) in [7, 11) is 0. The van der Waals surface area contributed by atoms with Crippen LogP contribution in [-0.2, 0) is 0 Å². The third-order valence-corrected chi connectivity index (χ3v) is 6.19. The van der Waals surface area contributed by atoms with Crippen LogP contribution in [0.5, 0.6) is 0 Å². The number of pyridine rings is 1. The molecular weight excluding hydrogens is 482 g/mol. The highest BCUT2D eigenvalue weighted by molar-refractivity contribution is 5.92. The number of nitrogens with zero attached hydrogens (tertiary/aromatic N) is 6. The molecule has 0 spiro atoms. The minimum Gasteiger partial charge on any atom is -0.365 e. The topological polar surface area (TPSA) is 95.7 Å². The van der Waals surface area contributed by atoms with E-state index in [0.29, 0.717) is 43.6 Å². The van der Waals surface area contributed by atoms with Crippen LogP contribution in [0, 0.1) is 5.95 Å². The van der Waals surface area contributed by atoms with Crippen molar-refractivity contribution >= 4 is 23.2 Å². The standard InChI is InChI=1S/C23H21F4N7O2/c24-18(25)11-28-22(35)14-2-4-16(21(27)30-14)33-9-7-32(8-10-33)12-13-1-3-15-20(19(13)26)31-23(36)17-5-6-29-34(15)17/h1-6,18-19H,7-12H2,(H,28,35). The third-order valence-electron chi connectivity index (χ3n) is 6.19. The van der Waals surface area contributed by atoms with E-state index < -0.39 is 36.6 Å². The maximum Gasteiger partial charge on any atom is 0.296 e. The van der Waals surface area contributed by atoms with E-state index in [2.05, 4.69) is 15.1 Å². The number of aromatic nitrogens is 4. The number of carbonyl (C=O) groups excluding carboxylic acids is 1. The van der Waals surface area contributed by atoms with Crippen molar-refractivity contribution in [3.8, 4) is 0 Å². The van der Waals surface area contributed by atoms with Gasteiger partial charge in [-0.25, -0.2) is 27.7 Å². The number of carbonyl (C=O) groups is 1. The summed E-state index contributed by atoms with van der Waals surface area (Å²) >= 11 is 0. The fourth-order valence-corrected chi connectivity index (χ4v) is 4.37. The predicted octanol–water partition coefficient (Wildman–Crippen LogP) is 0.891. The Bertz CT molecular complexity index is 1450. The molecule has 1 amide bonds. The smallest absolute Gasteiger partial charge is 0.296 e. The first-order valence-electron chi connectivity index (χ1n) is 11.2. The Morgan fingerprint density at radius 2 is 1.89 bits per heavy atom. The molecule has 4 heterocycles. The lowest BCUT2D eigenvalue weighted by atomic mass is 10.0. The summed E-state index contributed by atoms with van der Waals surface area (Å²) in [5.41, 5.74) is 0.157. The predicted molar refractivity (Wildman–Crippen MR) is 122 cm³/mol. The Hall–Kier alpha value is -3.87. The molecule has 1 aliphatic carbocycles. The van der Waals surface area contributed by atoms with Crippen molar-refractivity contribution in [2.75, 3.05) is 44.2 Å². The fraction of sp³-hybridized carbons (Fsp3) is 0.348. The summed E-state index contributed by atoms with van der Waals surface area (Å²) in [5, 5.41) is 6.51. The molecule has 0 aromatic carbocycles. The fourth-order valence-electron chi connectivity index (χ4n) is 4.37. The Labute approximate surface area is 201 Å². The van der Waals surface area contributed by atoms with E-state index in [4.69, 9.17) is 0 Å². The molecule has 3 aromatic rings.